The van der Waals surface area contributed by atoms with E-state index in [0.717, 1.165) is 0 Å². The van der Waals surface area contributed by atoms with E-state index in [1.807, 2.05) is 17.0 Å². The molecule has 0 atom stereocenters. The Bertz CT molecular complexity index is 1750. The number of ether oxygens (including phenoxy) is 2. The Hall–Kier alpha value is -5.12. The van der Waals surface area contributed by atoms with Gasteiger partial charge in [0.2, 0.25) is 0 Å². The molecule has 0 bridgehead atoms. The standard InChI is InChI=1S/C31H27N3O7/c1-39-25-12-5-8-20(27(25)40-2)18-34-29(36)21-9-6-10-23(26(21)30(34)37)32-13-15-33(16-14-32)28(35)22-17-19-7-3-4-11-24(19)41-31(22)38/h3-12,17H,13-16,18H2,1-2H3. The van der Waals surface area contributed by atoms with E-state index in [-0.39, 0.29) is 18.0 Å². The molecule has 0 unspecified atom stereocenters. The average Bonchev–Trinajstić information content (AvgIpc) is 3.25. The normalized spacial score (nSPS) is 14.9. The fourth-order valence-corrected chi connectivity index (χ4v) is 5.50. The van der Waals surface area contributed by atoms with Gasteiger partial charge in [0.15, 0.2) is 11.5 Å². The third-order valence-electron chi connectivity index (χ3n) is 7.57. The average molecular weight is 554 g/mol. The Balaban J connectivity index is 1.21. The second-order valence-corrected chi connectivity index (χ2v) is 9.81. The van der Waals surface area contributed by atoms with Crippen LogP contribution in [-0.4, -0.2) is 67.9 Å². The number of carbonyl (C=O) groups is 3. The predicted molar refractivity (Wildman–Crippen MR) is 151 cm³/mol. The maximum absolute atomic E-state index is 13.6. The van der Waals surface area contributed by atoms with E-state index in [9.17, 15) is 19.2 Å². The van der Waals surface area contributed by atoms with Crippen LogP contribution in [-0.2, 0) is 6.54 Å². The van der Waals surface area contributed by atoms with Crippen molar-refractivity contribution >= 4 is 34.4 Å². The first-order chi connectivity index (χ1) is 19.9. The number of carbonyl (C=O) groups excluding carboxylic acids is 3. The highest BCUT2D eigenvalue weighted by Crippen LogP contribution is 2.36. The highest BCUT2D eigenvalue weighted by atomic mass is 16.5. The fourth-order valence-electron chi connectivity index (χ4n) is 5.50. The first kappa shape index (κ1) is 26.1. The van der Waals surface area contributed by atoms with Gasteiger partial charge >= 0.3 is 5.63 Å². The molecule has 6 rings (SSSR count). The molecule has 10 nitrogen and oxygen atoms in total. The lowest BCUT2D eigenvalue weighted by Crippen LogP contribution is -2.49. The first-order valence-electron chi connectivity index (χ1n) is 13.2. The fraction of sp³-hybridized carbons (Fsp3) is 0.226. The van der Waals surface area contributed by atoms with Crippen molar-refractivity contribution in [2.75, 3.05) is 45.3 Å². The van der Waals surface area contributed by atoms with E-state index >= 15 is 0 Å². The lowest BCUT2D eigenvalue weighted by atomic mass is 10.1. The van der Waals surface area contributed by atoms with Gasteiger partial charge in [-0.2, -0.15) is 0 Å². The molecule has 3 amide bonds. The van der Waals surface area contributed by atoms with Crippen molar-refractivity contribution in [3.63, 3.8) is 0 Å². The van der Waals surface area contributed by atoms with Crippen LogP contribution in [0.5, 0.6) is 11.5 Å². The van der Waals surface area contributed by atoms with Crippen molar-refractivity contribution in [2.45, 2.75) is 6.54 Å². The minimum absolute atomic E-state index is 0.0119. The Kier molecular flexibility index (Phi) is 6.66. The van der Waals surface area contributed by atoms with Crippen molar-refractivity contribution in [1.29, 1.82) is 0 Å². The number of amides is 3. The number of piperazine rings is 1. The summed E-state index contributed by atoms with van der Waals surface area (Å²) in [6.07, 6.45) is 0. The third kappa shape index (κ3) is 4.47. The summed E-state index contributed by atoms with van der Waals surface area (Å²) >= 11 is 0. The number of para-hydroxylation sites is 2. The smallest absolute Gasteiger partial charge is 0.349 e. The van der Waals surface area contributed by atoms with Gasteiger partial charge < -0.3 is 23.7 Å². The predicted octanol–water partition coefficient (Wildman–Crippen LogP) is 3.57. The molecule has 3 heterocycles. The van der Waals surface area contributed by atoms with Gasteiger partial charge in [-0.15, -0.1) is 0 Å². The van der Waals surface area contributed by atoms with Gasteiger partial charge in [-0.05, 0) is 30.3 Å². The van der Waals surface area contributed by atoms with Crippen LogP contribution < -0.4 is 20.0 Å². The van der Waals surface area contributed by atoms with Gasteiger partial charge in [-0.3, -0.25) is 19.3 Å². The third-order valence-corrected chi connectivity index (χ3v) is 7.57. The van der Waals surface area contributed by atoms with Crippen LogP contribution in [0.2, 0.25) is 0 Å². The van der Waals surface area contributed by atoms with E-state index in [2.05, 4.69) is 0 Å². The summed E-state index contributed by atoms with van der Waals surface area (Å²) in [5.74, 6) is -0.192. The Morgan fingerprint density at radius 2 is 1.61 bits per heavy atom. The monoisotopic (exact) mass is 553 g/mol. The van der Waals surface area contributed by atoms with Gasteiger partial charge in [0.1, 0.15) is 11.1 Å². The molecule has 0 N–H and O–H groups in total. The first-order valence-corrected chi connectivity index (χ1v) is 13.2. The molecule has 4 aromatic rings. The summed E-state index contributed by atoms with van der Waals surface area (Å²) in [6, 6.07) is 19.2. The zero-order valence-electron chi connectivity index (χ0n) is 22.6. The Labute approximate surface area is 235 Å². The summed E-state index contributed by atoms with van der Waals surface area (Å²) in [5.41, 5.74) is 1.70. The Morgan fingerprint density at radius 1 is 0.854 bits per heavy atom. The molecule has 0 radical (unpaired) electrons. The largest absolute Gasteiger partial charge is 0.493 e. The van der Waals surface area contributed by atoms with Gasteiger partial charge in [-0.1, -0.05) is 36.4 Å². The van der Waals surface area contributed by atoms with Crippen LogP contribution in [0.25, 0.3) is 11.0 Å². The minimum atomic E-state index is -0.672. The Morgan fingerprint density at radius 3 is 2.37 bits per heavy atom. The molecule has 3 aromatic carbocycles. The molecule has 1 saturated heterocycles. The number of imide groups is 1. The molecule has 1 fully saturated rings. The van der Waals surface area contributed by atoms with Gasteiger partial charge in [0.05, 0.1) is 37.6 Å². The van der Waals surface area contributed by atoms with Crippen LogP contribution in [0.1, 0.15) is 36.6 Å². The molecule has 0 spiro atoms. The van der Waals surface area contributed by atoms with Crippen molar-refractivity contribution in [3.05, 3.63) is 99.4 Å². The molecule has 10 heteroatoms. The number of anilines is 1. The second-order valence-electron chi connectivity index (χ2n) is 9.81. The maximum atomic E-state index is 13.6. The maximum Gasteiger partial charge on any atom is 0.349 e. The van der Waals surface area contributed by atoms with Crippen LogP contribution in [0.15, 0.2) is 75.9 Å². The zero-order valence-corrected chi connectivity index (χ0v) is 22.6. The molecule has 2 aliphatic rings. The van der Waals surface area contributed by atoms with Crippen molar-refractivity contribution in [2.24, 2.45) is 0 Å². The van der Waals surface area contributed by atoms with Crippen LogP contribution in [0.3, 0.4) is 0 Å². The number of hydrogen-bond acceptors (Lipinski definition) is 8. The van der Waals surface area contributed by atoms with Crippen molar-refractivity contribution in [1.82, 2.24) is 9.80 Å². The van der Waals surface area contributed by atoms with Crippen LogP contribution >= 0.6 is 0 Å². The molecular weight excluding hydrogens is 526 g/mol. The van der Waals surface area contributed by atoms with Crippen LogP contribution in [0.4, 0.5) is 5.69 Å². The molecule has 2 aliphatic heterocycles. The molecule has 0 aliphatic carbocycles. The summed E-state index contributed by atoms with van der Waals surface area (Å²) in [5, 5.41) is 0.674. The van der Waals surface area contributed by atoms with Crippen LogP contribution in [0, 0.1) is 0 Å². The quantitative estimate of drug-likeness (QED) is 0.263. The molecule has 208 valence electrons. The number of benzene rings is 3. The molecule has 1 aromatic heterocycles. The molecule has 0 saturated carbocycles. The molecular formula is C31H27N3O7. The van der Waals surface area contributed by atoms with E-state index in [0.29, 0.717) is 71.0 Å². The summed E-state index contributed by atoms with van der Waals surface area (Å²) in [6.45, 7) is 1.55. The lowest BCUT2D eigenvalue weighted by molar-refractivity contribution is 0.0639. The highest BCUT2D eigenvalue weighted by Gasteiger charge is 2.39. The van der Waals surface area contributed by atoms with Gasteiger partial charge in [-0.25, -0.2) is 4.79 Å². The SMILES string of the molecule is COc1cccc(CN2C(=O)c3cccc(N4CCN(C(=O)c5cc6ccccc6oc5=O)CC4)c3C2=O)c1OC. The molecule has 41 heavy (non-hydrogen) atoms. The summed E-state index contributed by atoms with van der Waals surface area (Å²) in [7, 11) is 3.04. The number of methoxy groups -OCH3 is 2. The van der Waals surface area contributed by atoms with E-state index in [4.69, 9.17) is 13.9 Å². The lowest BCUT2D eigenvalue weighted by Gasteiger charge is -2.36. The van der Waals surface area contributed by atoms with E-state index < -0.39 is 17.4 Å². The number of nitrogens with zero attached hydrogens (tertiary/aromatic N) is 3. The number of fused-ring (bicyclic) bond motifs is 2. The number of hydrogen-bond donors (Lipinski definition) is 0. The minimum Gasteiger partial charge on any atom is -0.493 e. The summed E-state index contributed by atoms with van der Waals surface area (Å²) < 4.78 is 16.2. The van der Waals surface area contributed by atoms with E-state index in [1.54, 1.807) is 59.5 Å². The van der Waals surface area contributed by atoms with Gasteiger partial charge in [0.25, 0.3) is 17.7 Å². The highest BCUT2D eigenvalue weighted by molar-refractivity contribution is 6.23. The summed E-state index contributed by atoms with van der Waals surface area (Å²) in [4.78, 5) is 57.5. The number of rotatable bonds is 6. The van der Waals surface area contributed by atoms with E-state index in [1.165, 1.54) is 19.1 Å². The van der Waals surface area contributed by atoms with Gasteiger partial charge in [0, 0.05) is 37.1 Å². The van der Waals surface area contributed by atoms with Crippen molar-refractivity contribution < 1.29 is 28.3 Å². The second kappa shape index (κ2) is 10.5. The van der Waals surface area contributed by atoms with Crippen molar-refractivity contribution in [3.8, 4) is 11.5 Å². The zero-order chi connectivity index (χ0) is 28.7. The topological polar surface area (TPSA) is 110 Å².